The molecule has 0 aromatic heterocycles. The second kappa shape index (κ2) is 8.88. The fourth-order valence-corrected chi connectivity index (χ4v) is 3.35. The predicted molar refractivity (Wildman–Crippen MR) is 108 cm³/mol. The van der Waals surface area contributed by atoms with Crippen molar-refractivity contribution in [2.45, 2.75) is 31.8 Å². The molecule has 0 spiro atoms. The summed E-state index contributed by atoms with van der Waals surface area (Å²) in [7, 11) is 0. The van der Waals surface area contributed by atoms with Gasteiger partial charge in [-0.1, -0.05) is 66.2 Å². The number of phenols is 1. The van der Waals surface area contributed by atoms with E-state index >= 15 is 0 Å². The van der Waals surface area contributed by atoms with E-state index in [1.165, 1.54) is 16.7 Å². The first-order valence-corrected chi connectivity index (χ1v) is 9.43. The van der Waals surface area contributed by atoms with Gasteiger partial charge in [0.15, 0.2) is 0 Å². The Kier molecular flexibility index (Phi) is 6.32. The van der Waals surface area contributed by atoms with Crippen molar-refractivity contribution >= 4 is 11.6 Å². The summed E-state index contributed by atoms with van der Waals surface area (Å²) in [5.41, 5.74) is 3.81. The van der Waals surface area contributed by atoms with Crippen LogP contribution in [0.15, 0.2) is 78.9 Å². The van der Waals surface area contributed by atoms with Gasteiger partial charge < -0.3 is 10.4 Å². The van der Waals surface area contributed by atoms with Gasteiger partial charge in [0.1, 0.15) is 11.8 Å². The van der Waals surface area contributed by atoms with E-state index in [-0.39, 0.29) is 6.04 Å². The van der Waals surface area contributed by atoms with Gasteiger partial charge in [0.25, 0.3) is 0 Å². The first-order chi connectivity index (χ1) is 12.6. The largest absolute Gasteiger partial charge is 0.508 e. The first-order valence-electron chi connectivity index (χ1n) is 9.05. The third-order valence-electron chi connectivity index (χ3n) is 4.73. The monoisotopic (exact) mass is 366 g/mol. The number of quaternary nitrogens is 1. The van der Waals surface area contributed by atoms with Gasteiger partial charge in [0, 0.05) is 22.6 Å². The van der Waals surface area contributed by atoms with Crippen LogP contribution in [0.1, 0.15) is 36.1 Å². The molecule has 2 nitrogen and oxygen atoms in total. The molecule has 3 aromatic rings. The number of phenolic OH excluding ortho intramolecular Hbond substituents is 1. The summed E-state index contributed by atoms with van der Waals surface area (Å²) in [6.45, 7) is 2.27. The molecule has 0 bridgehead atoms. The Bertz CT molecular complexity index is 800. The zero-order valence-electron chi connectivity index (χ0n) is 15.0. The van der Waals surface area contributed by atoms with E-state index in [9.17, 15) is 5.11 Å². The number of nitrogens with two attached hydrogens (primary N) is 1. The van der Waals surface area contributed by atoms with Gasteiger partial charge in [-0.2, -0.15) is 0 Å². The lowest BCUT2D eigenvalue weighted by molar-refractivity contribution is -0.717. The fraction of sp³-hybridized carbons (Fsp3) is 0.217. The molecule has 0 radical (unpaired) electrons. The maximum absolute atomic E-state index is 9.41. The summed E-state index contributed by atoms with van der Waals surface area (Å²) in [6.07, 6.45) is 2.07. The van der Waals surface area contributed by atoms with Gasteiger partial charge >= 0.3 is 0 Å². The van der Waals surface area contributed by atoms with Crippen LogP contribution in [0.25, 0.3) is 0 Å². The molecule has 0 amide bonds. The molecule has 0 fully saturated rings. The number of hydrogen-bond acceptors (Lipinski definition) is 1. The third-order valence-corrected chi connectivity index (χ3v) is 4.99. The first kappa shape index (κ1) is 18.5. The minimum atomic E-state index is 0.253. The van der Waals surface area contributed by atoms with Crippen LogP contribution in [0.4, 0.5) is 0 Å². The molecule has 0 aliphatic carbocycles. The van der Waals surface area contributed by atoms with Crippen LogP contribution in [-0.4, -0.2) is 11.1 Å². The highest BCUT2D eigenvalue weighted by Crippen LogP contribution is 2.21. The Morgan fingerprint density at radius 1 is 0.846 bits per heavy atom. The van der Waals surface area contributed by atoms with Crippen LogP contribution >= 0.6 is 11.6 Å². The lowest BCUT2D eigenvalue weighted by Crippen LogP contribution is -2.90. The van der Waals surface area contributed by atoms with Gasteiger partial charge in [-0.15, -0.1) is 0 Å². The van der Waals surface area contributed by atoms with Crippen molar-refractivity contribution in [2.75, 3.05) is 0 Å². The highest BCUT2D eigenvalue weighted by molar-refractivity contribution is 6.30. The molecule has 134 valence electrons. The number of benzene rings is 3. The van der Waals surface area contributed by atoms with Crippen LogP contribution in [0.2, 0.25) is 5.02 Å². The van der Waals surface area contributed by atoms with E-state index in [1.54, 1.807) is 12.1 Å². The summed E-state index contributed by atoms with van der Waals surface area (Å²) < 4.78 is 0. The zero-order valence-corrected chi connectivity index (χ0v) is 15.7. The zero-order chi connectivity index (χ0) is 18.4. The second-order valence-electron chi connectivity index (χ2n) is 6.81. The molecular weight excluding hydrogens is 342 g/mol. The summed E-state index contributed by atoms with van der Waals surface area (Å²) in [5, 5.41) is 12.6. The summed E-state index contributed by atoms with van der Waals surface area (Å²) >= 11 is 6.07. The lowest BCUT2D eigenvalue weighted by Gasteiger charge is -2.21. The van der Waals surface area contributed by atoms with Gasteiger partial charge in [0.05, 0.1) is 6.04 Å². The number of aryl methyl sites for hydroxylation is 1. The Morgan fingerprint density at radius 2 is 1.46 bits per heavy atom. The molecule has 0 saturated carbocycles. The number of hydrogen-bond donors (Lipinski definition) is 2. The van der Waals surface area contributed by atoms with E-state index < -0.39 is 0 Å². The topological polar surface area (TPSA) is 36.8 Å². The molecule has 3 heteroatoms. The van der Waals surface area contributed by atoms with Crippen molar-refractivity contribution < 1.29 is 10.4 Å². The average molecular weight is 367 g/mol. The Labute approximate surface area is 160 Å². The fourth-order valence-electron chi connectivity index (χ4n) is 3.23. The number of halogens is 1. The van der Waals surface area contributed by atoms with Crippen molar-refractivity contribution in [1.82, 2.24) is 0 Å². The van der Waals surface area contributed by atoms with Crippen molar-refractivity contribution in [3.8, 4) is 5.75 Å². The molecule has 0 unspecified atom stereocenters. The quantitative estimate of drug-likeness (QED) is 0.623. The average Bonchev–Trinajstić information content (AvgIpc) is 2.67. The molecule has 26 heavy (non-hydrogen) atoms. The molecule has 0 aliphatic rings. The van der Waals surface area contributed by atoms with E-state index in [4.69, 9.17) is 11.6 Å². The summed E-state index contributed by atoms with van der Waals surface area (Å²) in [5.74, 6) is 0.320. The second-order valence-corrected chi connectivity index (χ2v) is 7.25. The summed E-state index contributed by atoms with van der Waals surface area (Å²) in [4.78, 5) is 0. The molecule has 3 N–H and O–H groups in total. The minimum Gasteiger partial charge on any atom is -0.508 e. The minimum absolute atomic E-state index is 0.253. The smallest absolute Gasteiger partial charge is 0.137 e. The highest BCUT2D eigenvalue weighted by Gasteiger charge is 2.20. The third kappa shape index (κ3) is 5.10. The van der Waals surface area contributed by atoms with Crippen LogP contribution in [0.3, 0.4) is 0 Å². The van der Waals surface area contributed by atoms with Crippen molar-refractivity contribution in [2.24, 2.45) is 0 Å². The Hall–Kier alpha value is -2.29. The van der Waals surface area contributed by atoms with Crippen molar-refractivity contribution in [3.05, 3.63) is 101 Å². The highest BCUT2D eigenvalue weighted by atomic mass is 35.5. The van der Waals surface area contributed by atoms with Gasteiger partial charge in [-0.05, 0) is 43.2 Å². The Morgan fingerprint density at radius 3 is 2.12 bits per heavy atom. The molecule has 3 aromatic carbocycles. The molecule has 2 atom stereocenters. The van der Waals surface area contributed by atoms with Crippen LogP contribution < -0.4 is 5.32 Å². The maximum atomic E-state index is 9.41. The Balaban J connectivity index is 1.70. The van der Waals surface area contributed by atoms with Crippen molar-refractivity contribution in [3.63, 3.8) is 0 Å². The molecule has 0 heterocycles. The lowest BCUT2D eigenvalue weighted by atomic mass is 9.97. The van der Waals surface area contributed by atoms with Gasteiger partial charge in [-0.3, -0.25) is 0 Å². The summed E-state index contributed by atoms with van der Waals surface area (Å²) in [6, 6.07) is 27.0. The SMILES string of the molecule is C[C@@H](CCc1ccc(O)cc1)[NH2+][C@@H](c1ccccc1)c1ccc(Cl)cc1. The standard InChI is InChI=1S/C23H24ClNO/c1-17(7-8-18-9-15-22(26)16-10-18)25-23(19-5-3-2-4-6-19)20-11-13-21(24)14-12-20/h2-6,9-17,23,25-26H,7-8H2,1H3/p+1/t17-,23-/m0/s1. The maximum Gasteiger partial charge on any atom is 0.137 e. The molecule has 0 aliphatic heterocycles. The van der Waals surface area contributed by atoms with Crippen LogP contribution in [0, 0.1) is 0 Å². The van der Waals surface area contributed by atoms with E-state index in [0.29, 0.717) is 11.8 Å². The van der Waals surface area contributed by atoms with E-state index in [1.807, 2.05) is 24.3 Å². The van der Waals surface area contributed by atoms with Crippen LogP contribution in [0.5, 0.6) is 5.75 Å². The number of rotatable bonds is 7. The normalized spacial score (nSPS) is 13.3. The van der Waals surface area contributed by atoms with E-state index in [2.05, 4.69) is 54.7 Å². The predicted octanol–water partition coefficient (Wildman–Crippen LogP) is 4.72. The molecular formula is C23H25ClNO+. The number of aromatic hydroxyl groups is 1. The molecule has 0 saturated heterocycles. The van der Waals surface area contributed by atoms with Crippen LogP contribution in [-0.2, 0) is 6.42 Å². The van der Waals surface area contributed by atoms with Gasteiger partial charge in [0.2, 0.25) is 0 Å². The van der Waals surface area contributed by atoms with Crippen molar-refractivity contribution in [1.29, 1.82) is 0 Å². The van der Waals surface area contributed by atoms with E-state index in [0.717, 1.165) is 17.9 Å². The molecule has 3 rings (SSSR count). The van der Waals surface area contributed by atoms with Gasteiger partial charge in [-0.25, -0.2) is 0 Å².